The highest BCUT2D eigenvalue weighted by Gasteiger charge is 2.26. The summed E-state index contributed by atoms with van der Waals surface area (Å²) in [5.41, 5.74) is 0. The van der Waals surface area contributed by atoms with Gasteiger partial charge in [0.1, 0.15) is 12.4 Å². The van der Waals surface area contributed by atoms with Gasteiger partial charge in [-0.3, -0.25) is 9.48 Å². The average molecular weight is 281 g/mol. The molecule has 2 rings (SSSR count). The van der Waals surface area contributed by atoms with Crippen molar-refractivity contribution in [3.63, 3.8) is 0 Å². The van der Waals surface area contributed by atoms with E-state index in [2.05, 4.69) is 29.1 Å². The van der Waals surface area contributed by atoms with Gasteiger partial charge in [-0.15, -0.1) is 0 Å². The predicted octanol–water partition coefficient (Wildman–Crippen LogP) is -0.209. The summed E-state index contributed by atoms with van der Waals surface area (Å²) in [5.74, 6) is 0.416. The minimum Gasteiger partial charge on any atom is -0.385 e. The molecule has 0 aromatic carbocycles. The van der Waals surface area contributed by atoms with E-state index in [9.17, 15) is 9.90 Å². The van der Waals surface area contributed by atoms with E-state index >= 15 is 0 Å². The number of aryl methyl sites for hydroxylation is 1. The zero-order valence-electron chi connectivity index (χ0n) is 12.4. The zero-order valence-corrected chi connectivity index (χ0v) is 12.4. The van der Waals surface area contributed by atoms with Gasteiger partial charge in [0.15, 0.2) is 5.82 Å². The minimum atomic E-state index is -0.887. The molecule has 1 unspecified atom stereocenters. The van der Waals surface area contributed by atoms with Crippen molar-refractivity contribution >= 4 is 5.91 Å². The number of aromatic nitrogens is 3. The summed E-state index contributed by atoms with van der Waals surface area (Å²) in [6.45, 7) is 1.51. The first kappa shape index (κ1) is 14.9. The standard InChI is InChI=1S/C13H23N5O2/c1-16(2)10-4-6-18(7-5-10)12(20)8-11(19)13-14-9-15-17(13)3/h9-11,19H,4-8H2,1-3H3. The van der Waals surface area contributed by atoms with E-state index in [1.54, 1.807) is 7.05 Å². The van der Waals surface area contributed by atoms with Crippen molar-refractivity contribution in [1.82, 2.24) is 24.6 Å². The number of nitrogens with zero attached hydrogens (tertiary/aromatic N) is 5. The molecule has 1 amide bonds. The lowest BCUT2D eigenvalue weighted by Gasteiger charge is -2.35. The molecule has 1 aliphatic heterocycles. The van der Waals surface area contributed by atoms with Gasteiger partial charge in [0, 0.05) is 26.2 Å². The van der Waals surface area contributed by atoms with Gasteiger partial charge >= 0.3 is 0 Å². The second-order valence-electron chi connectivity index (χ2n) is 5.54. The Morgan fingerprint density at radius 2 is 2.15 bits per heavy atom. The molecule has 7 heteroatoms. The number of rotatable bonds is 4. The number of amides is 1. The molecule has 7 nitrogen and oxygen atoms in total. The summed E-state index contributed by atoms with van der Waals surface area (Å²) in [4.78, 5) is 20.2. The lowest BCUT2D eigenvalue weighted by molar-refractivity contribution is -0.135. The summed E-state index contributed by atoms with van der Waals surface area (Å²) in [6, 6.07) is 0.544. The van der Waals surface area contributed by atoms with Crippen molar-refractivity contribution in [3.8, 4) is 0 Å². The average Bonchev–Trinajstić information content (AvgIpc) is 2.85. The van der Waals surface area contributed by atoms with Gasteiger partial charge in [-0.05, 0) is 26.9 Å². The van der Waals surface area contributed by atoms with E-state index in [1.165, 1.54) is 11.0 Å². The lowest BCUT2D eigenvalue weighted by Crippen LogP contribution is -2.44. The number of hydrogen-bond acceptors (Lipinski definition) is 5. The van der Waals surface area contributed by atoms with Crippen LogP contribution in [0, 0.1) is 0 Å². The highest BCUT2D eigenvalue weighted by atomic mass is 16.3. The fourth-order valence-corrected chi connectivity index (χ4v) is 2.62. The van der Waals surface area contributed by atoms with Crippen molar-refractivity contribution in [2.75, 3.05) is 27.2 Å². The van der Waals surface area contributed by atoms with E-state index in [-0.39, 0.29) is 12.3 Å². The van der Waals surface area contributed by atoms with Crippen LogP contribution in [0.1, 0.15) is 31.2 Å². The lowest BCUT2D eigenvalue weighted by atomic mass is 10.0. The molecule has 1 N–H and O–H groups in total. The largest absolute Gasteiger partial charge is 0.385 e. The number of aliphatic hydroxyl groups excluding tert-OH is 1. The third-order valence-corrected chi connectivity index (χ3v) is 3.96. The molecular formula is C13H23N5O2. The van der Waals surface area contributed by atoms with Gasteiger partial charge in [-0.25, -0.2) is 4.98 Å². The van der Waals surface area contributed by atoms with Crippen LogP contribution in [-0.4, -0.2) is 68.8 Å². The molecule has 1 aromatic heterocycles. The number of aliphatic hydroxyl groups is 1. The summed E-state index contributed by atoms with van der Waals surface area (Å²) >= 11 is 0. The molecule has 1 aromatic rings. The minimum absolute atomic E-state index is 0.0160. The van der Waals surface area contributed by atoms with Gasteiger partial charge < -0.3 is 14.9 Å². The quantitative estimate of drug-likeness (QED) is 0.826. The molecule has 0 aliphatic carbocycles. The monoisotopic (exact) mass is 281 g/mol. The van der Waals surface area contributed by atoms with Crippen molar-refractivity contribution in [2.24, 2.45) is 7.05 Å². The van der Waals surface area contributed by atoms with E-state index in [4.69, 9.17) is 0 Å². The number of piperidine rings is 1. The normalized spacial score (nSPS) is 18.6. The van der Waals surface area contributed by atoms with Gasteiger partial charge in [-0.1, -0.05) is 0 Å². The zero-order chi connectivity index (χ0) is 14.7. The molecule has 1 fully saturated rings. The van der Waals surface area contributed by atoms with Crippen LogP contribution in [-0.2, 0) is 11.8 Å². The van der Waals surface area contributed by atoms with Crippen LogP contribution >= 0.6 is 0 Å². The Morgan fingerprint density at radius 1 is 1.50 bits per heavy atom. The first-order valence-electron chi connectivity index (χ1n) is 6.95. The fourth-order valence-electron chi connectivity index (χ4n) is 2.62. The van der Waals surface area contributed by atoms with Gasteiger partial charge in [0.2, 0.25) is 5.91 Å². The fraction of sp³-hybridized carbons (Fsp3) is 0.769. The smallest absolute Gasteiger partial charge is 0.225 e. The van der Waals surface area contributed by atoms with Gasteiger partial charge in [-0.2, -0.15) is 5.10 Å². The number of carbonyl (C=O) groups is 1. The Balaban J connectivity index is 1.85. The molecule has 1 saturated heterocycles. The molecule has 0 spiro atoms. The van der Waals surface area contributed by atoms with Gasteiger partial charge in [0.05, 0.1) is 6.42 Å². The van der Waals surface area contributed by atoms with Crippen LogP contribution in [0.25, 0.3) is 0 Å². The van der Waals surface area contributed by atoms with Crippen LogP contribution in [0.15, 0.2) is 6.33 Å². The van der Waals surface area contributed by atoms with Crippen molar-refractivity contribution in [2.45, 2.75) is 31.4 Å². The van der Waals surface area contributed by atoms with E-state index in [0.717, 1.165) is 25.9 Å². The molecular weight excluding hydrogens is 258 g/mol. The maximum Gasteiger partial charge on any atom is 0.225 e. The SMILES string of the molecule is CN(C)C1CCN(C(=O)CC(O)c2ncnn2C)CC1. The summed E-state index contributed by atoms with van der Waals surface area (Å²) < 4.78 is 1.50. The van der Waals surface area contributed by atoms with E-state index in [1.807, 2.05) is 4.90 Å². The molecule has 20 heavy (non-hydrogen) atoms. The molecule has 0 saturated carbocycles. The molecule has 0 bridgehead atoms. The molecule has 1 aliphatic rings. The van der Waals surface area contributed by atoms with Crippen LogP contribution in [0.3, 0.4) is 0 Å². The van der Waals surface area contributed by atoms with Crippen LogP contribution in [0.4, 0.5) is 0 Å². The Hall–Kier alpha value is -1.47. The second-order valence-corrected chi connectivity index (χ2v) is 5.54. The second kappa shape index (κ2) is 6.32. The summed E-state index contributed by atoms with van der Waals surface area (Å²) in [6.07, 6.45) is 2.53. The molecule has 2 heterocycles. The molecule has 112 valence electrons. The van der Waals surface area contributed by atoms with Crippen LogP contribution < -0.4 is 0 Å². The Kier molecular flexibility index (Phi) is 4.72. The summed E-state index contributed by atoms with van der Waals surface area (Å²) in [5, 5.41) is 14.0. The third kappa shape index (κ3) is 3.34. The Morgan fingerprint density at radius 3 is 2.65 bits per heavy atom. The number of carbonyl (C=O) groups excluding carboxylic acids is 1. The van der Waals surface area contributed by atoms with E-state index in [0.29, 0.717) is 11.9 Å². The summed E-state index contributed by atoms with van der Waals surface area (Å²) in [7, 11) is 5.85. The molecule has 0 radical (unpaired) electrons. The molecule has 1 atom stereocenters. The van der Waals surface area contributed by atoms with Crippen molar-refractivity contribution in [1.29, 1.82) is 0 Å². The van der Waals surface area contributed by atoms with Crippen molar-refractivity contribution in [3.05, 3.63) is 12.2 Å². The first-order chi connectivity index (χ1) is 9.49. The highest BCUT2D eigenvalue weighted by molar-refractivity contribution is 5.76. The van der Waals surface area contributed by atoms with Gasteiger partial charge in [0.25, 0.3) is 0 Å². The van der Waals surface area contributed by atoms with Crippen molar-refractivity contribution < 1.29 is 9.90 Å². The third-order valence-electron chi connectivity index (χ3n) is 3.96. The maximum absolute atomic E-state index is 12.2. The Bertz CT molecular complexity index is 451. The maximum atomic E-state index is 12.2. The first-order valence-corrected chi connectivity index (χ1v) is 6.95. The predicted molar refractivity (Wildman–Crippen MR) is 73.9 cm³/mol. The van der Waals surface area contributed by atoms with Crippen LogP contribution in [0.5, 0.6) is 0 Å². The van der Waals surface area contributed by atoms with Crippen LogP contribution in [0.2, 0.25) is 0 Å². The topological polar surface area (TPSA) is 74.5 Å². The van der Waals surface area contributed by atoms with E-state index < -0.39 is 6.10 Å². The number of hydrogen-bond donors (Lipinski definition) is 1. The highest BCUT2D eigenvalue weighted by Crippen LogP contribution is 2.18. The Labute approximate surface area is 119 Å². The number of likely N-dealkylation sites (tertiary alicyclic amines) is 1.